The smallest absolute Gasteiger partial charge is 0.255 e. The molecule has 0 saturated heterocycles. The number of nitrogens with one attached hydrogen (secondary N) is 1. The summed E-state index contributed by atoms with van der Waals surface area (Å²) < 4.78 is 6.28. The number of ether oxygens (including phenoxy) is 1. The van der Waals surface area contributed by atoms with E-state index in [-0.39, 0.29) is 5.91 Å². The van der Waals surface area contributed by atoms with Gasteiger partial charge in [0.2, 0.25) is 0 Å². The zero-order valence-corrected chi connectivity index (χ0v) is 10.8. The highest BCUT2D eigenvalue weighted by Gasteiger charge is 2.10. The maximum atomic E-state index is 11.7. The van der Waals surface area contributed by atoms with E-state index >= 15 is 0 Å². The van der Waals surface area contributed by atoms with Crippen molar-refractivity contribution in [1.29, 1.82) is 0 Å². The fourth-order valence-electron chi connectivity index (χ4n) is 1.19. The van der Waals surface area contributed by atoms with Crippen molar-refractivity contribution in [3.63, 3.8) is 0 Å². The Kier molecular flexibility index (Phi) is 5.45. The predicted octanol–water partition coefficient (Wildman–Crippen LogP) is 2.25. The van der Waals surface area contributed by atoms with E-state index in [1.165, 1.54) is 0 Å². The molecule has 0 fully saturated rings. The zero-order valence-electron chi connectivity index (χ0n) is 8.63. The van der Waals surface area contributed by atoms with Crippen LogP contribution >= 0.6 is 22.6 Å². The van der Waals surface area contributed by atoms with Crippen molar-refractivity contribution in [2.24, 2.45) is 0 Å². The molecular formula is C11H14INO2. The lowest BCUT2D eigenvalue weighted by molar-refractivity contribution is 0.0952. The van der Waals surface area contributed by atoms with E-state index in [4.69, 9.17) is 4.74 Å². The maximum Gasteiger partial charge on any atom is 0.255 e. The van der Waals surface area contributed by atoms with Gasteiger partial charge in [-0.15, -0.1) is 0 Å². The molecule has 1 amide bonds. The van der Waals surface area contributed by atoms with Crippen molar-refractivity contribution in [2.45, 2.75) is 6.92 Å². The minimum absolute atomic E-state index is 0.0734. The Hall–Kier alpha value is -0.780. The molecule has 0 aromatic heterocycles. The van der Waals surface area contributed by atoms with Gasteiger partial charge in [-0.2, -0.15) is 0 Å². The summed E-state index contributed by atoms with van der Waals surface area (Å²) in [4.78, 5) is 11.7. The largest absolute Gasteiger partial charge is 0.493 e. The van der Waals surface area contributed by atoms with Gasteiger partial charge in [-0.3, -0.25) is 4.79 Å². The summed E-state index contributed by atoms with van der Waals surface area (Å²) in [5.74, 6) is 0.571. The highest BCUT2D eigenvalue weighted by atomic mass is 127. The van der Waals surface area contributed by atoms with Gasteiger partial charge in [0.15, 0.2) is 0 Å². The van der Waals surface area contributed by atoms with E-state index in [1.807, 2.05) is 25.1 Å². The molecule has 1 rings (SSSR count). The van der Waals surface area contributed by atoms with Crippen LogP contribution in [0, 0.1) is 0 Å². The normalized spacial score (nSPS) is 9.73. The molecule has 0 radical (unpaired) electrons. The SMILES string of the molecule is CCOc1ccccc1C(=O)NCCI. The van der Waals surface area contributed by atoms with Gasteiger partial charge in [-0.1, -0.05) is 34.7 Å². The molecule has 0 spiro atoms. The molecule has 0 atom stereocenters. The van der Waals surface area contributed by atoms with Crippen LogP contribution in [0.2, 0.25) is 0 Å². The fraction of sp³-hybridized carbons (Fsp3) is 0.364. The molecule has 0 aliphatic heterocycles. The summed E-state index contributed by atoms with van der Waals surface area (Å²) >= 11 is 2.22. The first kappa shape index (κ1) is 12.3. The summed E-state index contributed by atoms with van der Waals surface area (Å²) in [5, 5.41) is 2.82. The highest BCUT2D eigenvalue weighted by Crippen LogP contribution is 2.17. The van der Waals surface area contributed by atoms with Gasteiger partial charge in [-0.25, -0.2) is 0 Å². The monoisotopic (exact) mass is 319 g/mol. The van der Waals surface area contributed by atoms with Gasteiger partial charge in [0, 0.05) is 11.0 Å². The lowest BCUT2D eigenvalue weighted by Gasteiger charge is -2.09. The molecule has 0 aliphatic carbocycles. The van der Waals surface area contributed by atoms with Gasteiger partial charge in [0.1, 0.15) is 5.75 Å². The van der Waals surface area contributed by atoms with Crippen LogP contribution in [0.25, 0.3) is 0 Å². The number of rotatable bonds is 5. The molecule has 0 aliphatic rings. The van der Waals surface area contributed by atoms with E-state index in [1.54, 1.807) is 6.07 Å². The van der Waals surface area contributed by atoms with E-state index in [0.29, 0.717) is 24.5 Å². The Balaban J connectivity index is 2.77. The summed E-state index contributed by atoms with van der Waals surface area (Å²) in [6.45, 7) is 3.15. The van der Waals surface area contributed by atoms with Crippen LogP contribution in [0.4, 0.5) is 0 Å². The molecule has 4 heteroatoms. The number of halogens is 1. The number of benzene rings is 1. The minimum Gasteiger partial charge on any atom is -0.493 e. The van der Waals surface area contributed by atoms with Crippen molar-refractivity contribution in [1.82, 2.24) is 5.32 Å². The topological polar surface area (TPSA) is 38.3 Å². The average molecular weight is 319 g/mol. The Morgan fingerprint density at radius 1 is 1.47 bits per heavy atom. The van der Waals surface area contributed by atoms with Crippen LogP contribution < -0.4 is 10.1 Å². The summed E-state index contributed by atoms with van der Waals surface area (Å²) in [6, 6.07) is 7.28. The number of para-hydroxylation sites is 1. The molecule has 0 bridgehead atoms. The molecule has 3 nitrogen and oxygen atoms in total. The van der Waals surface area contributed by atoms with Crippen LogP contribution in [0.3, 0.4) is 0 Å². The third-order valence-electron chi connectivity index (χ3n) is 1.81. The summed E-state index contributed by atoms with van der Waals surface area (Å²) in [7, 11) is 0. The van der Waals surface area contributed by atoms with E-state index in [9.17, 15) is 4.79 Å². The lowest BCUT2D eigenvalue weighted by atomic mass is 10.2. The first-order valence-electron chi connectivity index (χ1n) is 4.85. The number of hydrogen-bond acceptors (Lipinski definition) is 2. The van der Waals surface area contributed by atoms with Gasteiger partial charge >= 0.3 is 0 Å². The van der Waals surface area contributed by atoms with Crippen molar-refractivity contribution in [2.75, 3.05) is 17.6 Å². The Bertz CT molecular complexity index is 328. The van der Waals surface area contributed by atoms with Crippen molar-refractivity contribution < 1.29 is 9.53 Å². The predicted molar refractivity (Wildman–Crippen MR) is 68.8 cm³/mol. The molecule has 1 aromatic rings. The van der Waals surface area contributed by atoms with E-state index in [2.05, 4.69) is 27.9 Å². The summed E-state index contributed by atoms with van der Waals surface area (Å²) in [5.41, 5.74) is 0.601. The first-order valence-corrected chi connectivity index (χ1v) is 6.38. The number of hydrogen-bond donors (Lipinski definition) is 1. The molecule has 0 heterocycles. The Morgan fingerprint density at radius 3 is 2.87 bits per heavy atom. The second kappa shape index (κ2) is 6.66. The molecule has 0 unspecified atom stereocenters. The number of alkyl halides is 1. The van der Waals surface area contributed by atoms with Crippen LogP contribution in [0.15, 0.2) is 24.3 Å². The van der Waals surface area contributed by atoms with Gasteiger partial charge in [0.05, 0.1) is 12.2 Å². The van der Waals surface area contributed by atoms with Gasteiger partial charge in [0.25, 0.3) is 5.91 Å². The van der Waals surface area contributed by atoms with Gasteiger partial charge < -0.3 is 10.1 Å². The molecule has 1 aromatic carbocycles. The highest BCUT2D eigenvalue weighted by molar-refractivity contribution is 14.1. The number of amides is 1. The van der Waals surface area contributed by atoms with E-state index in [0.717, 1.165) is 4.43 Å². The quantitative estimate of drug-likeness (QED) is 0.668. The second-order valence-electron chi connectivity index (χ2n) is 2.87. The lowest BCUT2D eigenvalue weighted by Crippen LogP contribution is -2.25. The zero-order chi connectivity index (χ0) is 11.1. The van der Waals surface area contributed by atoms with Crippen molar-refractivity contribution >= 4 is 28.5 Å². The van der Waals surface area contributed by atoms with E-state index < -0.39 is 0 Å². The Morgan fingerprint density at radius 2 is 2.20 bits per heavy atom. The summed E-state index contributed by atoms with van der Waals surface area (Å²) in [6.07, 6.45) is 0. The average Bonchev–Trinajstić information content (AvgIpc) is 2.27. The first-order chi connectivity index (χ1) is 7.29. The number of carbonyl (C=O) groups is 1. The standard InChI is InChI=1S/C11H14INO2/c1-2-15-10-6-4-3-5-9(10)11(14)13-8-7-12/h3-6H,2,7-8H2,1H3,(H,13,14). The number of carbonyl (C=O) groups excluding carboxylic acids is 1. The van der Waals surface area contributed by atoms with Crippen LogP contribution in [0.5, 0.6) is 5.75 Å². The van der Waals surface area contributed by atoms with Crippen LogP contribution in [-0.4, -0.2) is 23.5 Å². The maximum absolute atomic E-state index is 11.7. The molecule has 82 valence electrons. The van der Waals surface area contributed by atoms with Crippen molar-refractivity contribution in [3.8, 4) is 5.75 Å². The third-order valence-corrected chi connectivity index (χ3v) is 2.35. The Labute approximate surface area is 103 Å². The molecular weight excluding hydrogens is 305 g/mol. The minimum atomic E-state index is -0.0734. The van der Waals surface area contributed by atoms with Crippen LogP contribution in [0.1, 0.15) is 17.3 Å². The second-order valence-corrected chi connectivity index (χ2v) is 3.95. The third kappa shape index (κ3) is 3.70. The van der Waals surface area contributed by atoms with Crippen molar-refractivity contribution in [3.05, 3.63) is 29.8 Å². The molecule has 1 N–H and O–H groups in total. The van der Waals surface area contributed by atoms with Gasteiger partial charge in [-0.05, 0) is 19.1 Å². The fourth-order valence-corrected chi connectivity index (χ4v) is 1.46. The molecule has 15 heavy (non-hydrogen) atoms. The molecule has 0 saturated carbocycles. The van der Waals surface area contributed by atoms with Crippen LogP contribution in [-0.2, 0) is 0 Å².